The van der Waals surface area contributed by atoms with Crippen LogP contribution in [0, 0.1) is 5.92 Å². The average molecular weight is 311 g/mol. The number of nitrogens with zero attached hydrogens (tertiary/aromatic N) is 1. The highest BCUT2D eigenvalue weighted by Gasteiger charge is 2.18. The Morgan fingerprint density at radius 3 is 3.05 bits per heavy atom. The maximum absolute atomic E-state index is 12.0. The van der Waals surface area contributed by atoms with Crippen LogP contribution in [0.1, 0.15) is 25.3 Å². The van der Waals surface area contributed by atoms with Crippen molar-refractivity contribution in [3.8, 4) is 5.75 Å². The Morgan fingerprint density at radius 1 is 1.52 bits per heavy atom. The van der Waals surface area contributed by atoms with E-state index in [-0.39, 0.29) is 5.91 Å². The lowest BCUT2D eigenvalue weighted by molar-refractivity contribution is -0.122. The van der Waals surface area contributed by atoms with Crippen molar-refractivity contribution in [3.63, 3.8) is 0 Å². The first-order valence-electron chi connectivity index (χ1n) is 7.40. The number of rotatable bonds is 5. The zero-order valence-electron chi connectivity index (χ0n) is 12.7. The van der Waals surface area contributed by atoms with Crippen LogP contribution in [-0.2, 0) is 11.3 Å². The van der Waals surface area contributed by atoms with E-state index in [9.17, 15) is 4.79 Å². The summed E-state index contributed by atoms with van der Waals surface area (Å²) in [4.78, 5) is 14.3. The molecule has 0 radical (unpaired) electrons. The third-order valence-electron chi connectivity index (χ3n) is 3.83. The molecule has 1 atom stereocenters. The zero-order chi connectivity index (χ0) is 15.2. The van der Waals surface area contributed by atoms with E-state index in [4.69, 9.17) is 16.3 Å². The van der Waals surface area contributed by atoms with Crippen LogP contribution in [0.4, 0.5) is 0 Å². The highest BCUT2D eigenvalue weighted by atomic mass is 35.5. The predicted octanol–water partition coefficient (Wildman–Crippen LogP) is 2.70. The molecule has 1 N–H and O–H groups in total. The Kier molecular flexibility index (Phi) is 5.88. The van der Waals surface area contributed by atoms with Crippen LogP contribution in [0.3, 0.4) is 0 Å². The lowest BCUT2D eigenvalue weighted by Gasteiger charge is -2.30. The summed E-state index contributed by atoms with van der Waals surface area (Å²) < 4.78 is 5.28. The molecule has 1 aromatic carbocycles. The zero-order valence-corrected chi connectivity index (χ0v) is 13.4. The molecule has 0 aliphatic carbocycles. The third kappa shape index (κ3) is 4.90. The number of hydrogen-bond acceptors (Lipinski definition) is 3. The summed E-state index contributed by atoms with van der Waals surface area (Å²) in [6.07, 6.45) is 2.44. The van der Waals surface area contributed by atoms with Gasteiger partial charge in [0.15, 0.2) is 0 Å². The summed E-state index contributed by atoms with van der Waals surface area (Å²) in [7, 11) is 1.61. The van der Waals surface area contributed by atoms with Gasteiger partial charge in [0.1, 0.15) is 5.75 Å². The Balaban J connectivity index is 1.85. The van der Waals surface area contributed by atoms with Crippen molar-refractivity contribution in [2.45, 2.75) is 26.3 Å². The van der Waals surface area contributed by atoms with Gasteiger partial charge in [0.05, 0.1) is 13.7 Å². The van der Waals surface area contributed by atoms with Gasteiger partial charge in [-0.1, -0.05) is 18.5 Å². The van der Waals surface area contributed by atoms with E-state index >= 15 is 0 Å². The Hall–Kier alpha value is -1.26. The number of nitrogens with one attached hydrogen (secondary N) is 1. The smallest absolute Gasteiger partial charge is 0.234 e. The van der Waals surface area contributed by atoms with Crippen molar-refractivity contribution in [2.75, 3.05) is 26.7 Å². The number of hydrogen-bond donors (Lipinski definition) is 1. The number of likely N-dealkylation sites (tertiary alicyclic amines) is 1. The van der Waals surface area contributed by atoms with Gasteiger partial charge in [-0.3, -0.25) is 9.69 Å². The van der Waals surface area contributed by atoms with Gasteiger partial charge in [0.2, 0.25) is 5.91 Å². The Bertz CT molecular complexity index is 493. The van der Waals surface area contributed by atoms with E-state index in [1.54, 1.807) is 13.2 Å². The first-order chi connectivity index (χ1) is 10.1. The predicted molar refractivity (Wildman–Crippen MR) is 84.7 cm³/mol. The van der Waals surface area contributed by atoms with Crippen molar-refractivity contribution < 1.29 is 9.53 Å². The lowest BCUT2D eigenvalue weighted by Crippen LogP contribution is -2.41. The topological polar surface area (TPSA) is 41.6 Å². The van der Waals surface area contributed by atoms with Gasteiger partial charge in [-0.05, 0) is 43.5 Å². The number of methoxy groups -OCH3 is 1. The van der Waals surface area contributed by atoms with Gasteiger partial charge < -0.3 is 10.1 Å². The van der Waals surface area contributed by atoms with Crippen molar-refractivity contribution in [1.82, 2.24) is 10.2 Å². The molecule has 5 heteroatoms. The third-order valence-corrected chi connectivity index (χ3v) is 4.06. The van der Waals surface area contributed by atoms with Crippen molar-refractivity contribution in [1.29, 1.82) is 0 Å². The first-order valence-corrected chi connectivity index (χ1v) is 7.77. The van der Waals surface area contributed by atoms with Gasteiger partial charge in [-0.25, -0.2) is 0 Å². The van der Waals surface area contributed by atoms with E-state index in [0.29, 0.717) is 24.0 Å². The van der Waals surface area contributed by atoms with Crippen LogP contribution < -0.4 is 10.1 Å². The van der Waals surface area contributed by atoms with E-state index in [2.05, 4.69) is 17.1 Å². The molecule has 0 aromatic heterocycles. The van der Waals surface area contributed by atoms with E-state index < -0.39 is 0 Å². The van der Waals surface area contributed by atoms with Crippen molar-refractivity contribution in [3.05, 3.63) is 28.8 Å². The quantitative estimate of drug-likeness (QED) is 0.909. The number of benzene rings is 1. The number of amides is 1. The maximum Gasteiger partial charge on any atom is 0.234 e. The number of piperidine rings is 1. The van der Waals surface area contributed by atoms with E-state index in [0.717, 1.165) is 24.4 Å². The summed E-state index contributed by atoms with van der Waals surface area (Å²) in [5.41, 5.74) is 0.894. The van der Waals surface area contributed by atoms with Crippen LogP contribution >= 0.6 is 11.6 Å². The average Bonchev–Trinajstić information content (AvgIpc) is 2.45. The summed E-state index contributed by atoms with van der Waals surface area (Å²) in [5, 5.41) is 3.59. The molecule has 1 aliphatic rings. The fourth-order valence-electron chi connectivity index (χ4n) is 2.77. The van der Waals surface area contributed by atoms with Crippen LogP contribution in [-0.4, -0.2) is 37.6 Å². The standard InChI is InChI=1S/C16H23ClN2O2/c1-12-4-3-7-19(10-12)11-16(20)18-9-13-8-14(17)5-6-15(13)21-2/h5-6,8,12H,3-4,7,9-11H2,1-2H3,(H,18,20). The molecule has 1 unspecified atom stereocenters. The highest BCUT2D eigenvalue weighted by molar-refractivity contribution is 6.30. The van der Waals surface area contributed by atoms with E-state index in [1.807, 2.05) is 12.1 Å². The molecular weight excluding hydrogens is 288 g/mol. The van der Waals surface area contributed by atoms with Crippen LogP contribution in [0.15, 0.2) is 18.2 Å². The molecule has 1 fully saturated rings. The normalized spacial score (nSPS) is 19.3. The second-order valence-electron chi connectivity index (χ2n) is 5.72. The fraction of sp³-hybridized carbons (Fsp3) is 0.562. The number of ether oxygens (including phenoxy) is 1. The molecule has 0 saturated carbocycles. The van der Waals surface area contributed by atoms with Crippen molar-refractivity contribution in [2.24, 2.45) is 5.92 Å². The van der Waals surface area contributed by atoms with E-state index in [1.165, 1.54) is 12.8 Å². The fourth-order valence-corrected chi connectivity index (χ4v) is 2.96. The first kappa shape index (κ1) is 16.1. The Morgan fingerprint density at radius 2 is 2.33 bits per heavy atom. The van der Waals surface area contributed by atoms with Gasteiger partial charge in [-0.15, -0.1) is 0 Å². The number of carbonyl (C=O) groups is 1. The van der Waals surface area contributed by atoms with Crippen LogP contribution in [0.2, 0.25) is 5.02 Å². The molecule has 1 amide bonds. The summed E-state index contributed by atoms with van der Waals surface area (Å²) >= 11 is 5.98. The molecule has 1 heterocycles. The van der Waals surface area contributed by atoms with Gasteiger partial charge in [-0.2, -0.15) is 0 Å². The molecule has 0 spiro atoms. The molecule has 1 saturated heterocycles. The minimum Gasteiger partial charge on any atom is -0.496 e. The lowest BCUT2D eigenvalue weighted by atomic mass is 10.0. The molecule has 2 rings (SSSR count). The molecule has 116 valence electrons. The number of halogens is 1. The molecule has 4 nitrogen and oxygen atoms in total. The minimum atomic E-state index is 0.0473. The highest BCUT2D eigenvalue weighted by Crippen LogP contribution is 2.22. The summed E-state index contributed by atoms with van der Waals surface area (Å²) in [6, 6.07) is 5.42. The summed E-state index contributed by atoms with van der Waals surface area (Å²) in [6.45, 7) is 5.16. The summed E-state index contributed by atoms with van der Waals surface area (Å²) in [5.74, 6) is 1.47. The molecule has 1 aromatic rings. The Labute approximate surface area is 131 Å². The molecular formula is C16H23ClN2O2. The minimum absolute atomic E-state index is 0.0473. The maximum atomic E-state index is 12.0. The van der Waals surface area contributed by atoms with Gasteiger partial charge in [0, 0.05) is 23.7 Å². The monoisotopic (exact) mass is 310 g/mol. The van der Waals surface area contributed by atoms with Gasteiger partial charge in [0.25, 0.3) is 0 Å². The number of carbonyl (C=O) groups excluding carboxylic acids is 1. The van der Waals surface area contributed by atoms with Crippen LogP contribution in [0.25, 0.3) is 0 Å². The molecule has 0 bridgehead atoms. The largest absolute Gasteiger partial charge is 0.496 e. The van der Waals surface area contributed by atoms with Crippen LogP contribution in [0.5, 0.6) is 5.75 Å². The molecule has 21 heavy (non-hydrogen) atoms. The SMILES string of the molecule is COc1ccc(Cl)cc1CNC(=O)CN1CCCC(C)C1. The second kappa shape index (κ2) is 7.66. The second-order valence-corrected chi connectivity index (χ2v) is 6.15. The van der Waals surface area contributed by atoms with Gasteiger partial charge >= 0.3 is 0 Å². The molecule has 1 aliphatic heterocycles. The van der Waals surface area contributed by atoms with Crippen molar-refractivity contribution >= 4 is 17.5 Å².